The van der Waals surface area contributed by atoms with Crippen LogP contribution in [0.5, 0.6) is 0 Å². The number of hydrogen-bond donors (Lipinski definition) is 3. The monoisotopic (exact) mass is 493 g/mol. The molecule has 3 N–H and O–H groups in total. The van der Waals surface area contributed by atoms with E-state index in [4.69, 9.17) is 4.42 Å². The molecule has 0 saturated carbocycles. The highest BCUT2D eigenvalue weighted by Gasteiger charge is 2.32. The minimum Gasteiger partial charge on any atom is -0.463 e. The van der Waals surface area contributed by atoms with Crippen molar-refractivity contribution in [2.24, 2.45) is 5.41 Å². The number of rotatable bonds is 8. The summed E-state index contributed by atoms with van der Waals surface area (Å²) in [6.07, 6.45) is 1.50. The molecule has 0 aliphatic heterocycles. The van der Waals surface area contributed by atoms with E-state index in [0.29, 0.717) is 22.7 Å². The van der Waals surface area contributed by atoms with Crippen LogP contribution in [0.2, 0.25) is 0 Å². The molecule has 0 bridgehead atoms. The number of amides is 3. The summed E-state index contributed by atoms with van der Waals surface area (Å²) in [5.74, 6) is -0.390. The summed E-state index contributed by atoms with van der Waals surface area (Å²) < 4.78 is 6.44. The van der Waals surface area contributed by atoms with Crippen molar-refractivity contribution >= 4 is 23.4 Å². The van der Waals surface area contributed by atoms with Gasteiger partial charge < -0.3 is 20.4 Å². The molecule has 3 amide bonds. The van der Waals surface area contributed by atoms with E-state index >= 15 is 0 Å². The van der Waals surface area contributed by atoms with Gasteiger partial charge in [-0.25, -0.2) is 4.68 Å². The van der Waals surface area contributed by atoms with Crippen molar-refractivity contribution in [2.45, 2.75) is 40.2 Å². The van der Waals surface area contributed by atoms with Crippen molar-refractivity contribution in [3.8, 4) is 11.5 Å². The molecule has 190 valence electrons. The van der Waals surface area contributed by atoms with Crippen LogP contribution in [-0.4, -0.2) is 40.6 Å². The number of carbonyl (C=O) groups is 3. The van der Waals surface area contributed by atoms with E-state index in [-0.39, 0.29) is 24.9 Å². The predicted molar refractivity (Wildman–Crippen MR) is 135 cm³/mol. The third kappa shape index (κ3) is 6.26. The van der Waals surface area contributed by atoms with E-state index in [2.05, 4.69) is 21.0 Å². The number of aromatic nitrogens is 2. The topological polar surface area (TPSA) is 135 Å². The number of carbonyl (C=O) groups excluding carboxylic acids is 3. The summed E-state index contributed by atoms with van der Waals surface area (Å²) in [7, 11) is 0. The van der Waals surface area contributed by atoms with Crippen LogP contribution >= 0.6 is 0 Å². The van der Waals surface area contributed by atoms with Gasteiger partial charge in [0.05, 0.1) is 6.26 Å². The SMILES string of the molecule is CC(C)(C)C(=O)Nc1ccc(C(=O)NCCNC(=O)C(C)(C)n2nc(-c3ccco3)ccc2=O)cc1. The Morgan fingerprint density at radius 2 is 1.56 bits per heavy atom. The lowest BCUT2D eigenvalue weighted by Crippen LogP contribution is -2.50. The molecule has 3 aromatic rings. The fraction of sp³-hybridized carbons (Fsp3) is 0.346. The van der Waals surface area contributed by atoms with Crippen LogP contribution in [0.4, 0.5) is 5.69 Å². The molecule has 2 aromatic heterocycles. The molecule has 0 atom stereocenters. The van der Waals surface area contributed by atoms with Crippen LogP contribution < -0.4 is 21.5 Å². The number of benzene rings is 1. The molecular formula is C26H31N5O5. The summed E-state index contributed by atoms with van der Waals surface area (Å²) in [5, 5.41) is 12.6. The average Bonchev–Trinajstić information content (AvgIpc) is 3.36. The van der Waals surface area contributed by atoms with E-state index in [1.54, 1.807) is 50.2 Å². The van der Waals surface area contributed by atoms with Crippen LogP contribution in [0.3, 0.4) is 0 Å². The van der Waals surface area contributed by atoms with Gasteiger partial charge in [0, 0.05) is 35.8 Å². The zero-order valence-corrected chi connectivity index (χ0v) is 21.0. The standard InChI is InChI=1S/C26H31N5O5/c1-25(2,3)23(34)29-18-10-8-17(9-11-18)22(33)27-14-15-28-24(35)26(4,5)31-21(32)13-12-19(30-31)20-7-6-16-36-20/h6-13,16H,14-15H2,1-5H3,(H,27,33)(H,28,35)(H,29,34). The normalized spacial score (nSPS) is 11.6. The second kappa shape index (κ2) is 10.6. The van der Waals surface area contributed by atoms with E-state index in [1.165, 1.54) is 18.4 Å². The second-order valence-electron chi connectivity index (χ2n) is 9.80. The van der Waals surface area contributed by atoms with Crippen molar-refractivity contribution in [1.29, 1.82) is 0 Å². The Morgan fingerprint density at radius 1 is 0.889 bits per heavy atom. The lowest BCUT2D eigenvalue weighted by molar-refractivity contribution is -0.129. The van der Waals surface area contributed by atoms with E-state index in [1.807, 2.05) is 20.8 Å². The summed E-state index contributed by atoms with van der Waals surface area (Å²) >= 11 is 0. The number of nitrogens with zero attached hydrogens (tertiary/aromatic N) is 2. The van der Waals surface area contributed by atoms with Gasteiger partial charge in [-0.05, 0) is 56.3 Å². The maximum Gasteiger partial charge on any atom is 0.267 e. The first-order valence-electron chi connectivity index (χ1n) is 11.5. The zero-order chi connectivity index (χ0) is 26.5. The van der Waals surface area contributed by atoms with Crippen molar-refractivity contribution in [3.63, 3.8) is 0 Å². The second-order valence-corrected chi connectivity index (χ2v) is 9.80. The van der Waals surface area contributed by atoms with Gasteiger partial charge in [0.1, 0.15) is 11.2 Å². The van der Waals surface area contributed by atoms with Crippen LogP contribution in [0.25, 0.3) is 11.5 Å². The van der Waals surface area contributed by atoms with Crippen molar-refractivity contribution in [1.82, 2.24) is 20.4 Å². The highest BCUT2D eigenvalue weighted by molar-refractivity contribution is 5.97. The Balaban J connectivity index is 1.53. The van der Waals surface area contributed by atoms with Gasteiger partial charge in [0.2, 0.25) is 11.8 Å². The minimum atomic E-state index is -1.28. The fourth-order valence-corrected chi connectivity index (χ4v) is 3.16. The molecule has 10 heteroatoms. The Bertz CT molecular complexity index is 1290. The molecule has 10 nitrogen and oxygen atoms in total. The molecule has 0 spiro atoms. The first kappa shape index (κ1) is 26.4. The minimum absolute atomic E-state index is 0.122. The first-order valence-corrected chi connectivity index (χ1v) is 11.5. The van der Waals surface area contributed by atoms with Crippen molar-refractivity contribution in [3.05, 3.63) is 70.7 Å². The van der Waals surface area contributed by atoms with E-state index in [0.717, 1.165) is 4.68 Å². The third-order valence-electron chi connectivity index (χ3n) is 5.44. The molecule has 1 aromatic carbocycles. The van der Waals surface area contributed by atoms with Crippen LogP contribution in [-0.2, 0) is 15.1 Å². The smallest absolute Gasteiger partial charge is 0.267 e. The molecule has 0 radical (unpaired) electrons. The summed E-state index contributed by atoms with van der Waals surface area (Å²) in [6.45, 7) is 8.95. The molecular weight excluding hydrogens is 462 g/mol. The molecule has 0 aliphatic rings. The number of hydrogen-bond acceptors (Lipinski definition) is 6. The molecule has 0 fully saturated rings. The Kier molecular flexibility index (Phi) is 7.77. The lowest BCUT2D eigenvalue weighted by Gasteiger charge is -2.25. The van der Waals surface area contributed by atoms with E-state index in [9.17, 15) is 19.2 Å². The Hall–Kier alpha value is -4.21. The summed E-state index contributed by atoms with van der Waals surface area (Å²) in [5.41, 5.74) is -0.794. The molecule has 36 heavy (non-hydrogen) atoms. The van der Waals surface area contributed by atoms with Gasteiger partial charge in [-0.3, -0.25) is 19.2 Å². The van der Waals surface area contributed by atoms with Gasteiger partial charge in [-0.15, -0.1) is 0 Å². The molecule has 0 unspecified atom stereocenters. The first-order chi connectivity index (χ1) is 16.9. The van der Waals surface area contributed by atoms with Gasteiger partial charge in [-0.2, -0.15) is 5.10 Å². The number of anilines is 1. The summed E-state index contributed by atoms with van der Waals surface area (Å²) in [6, 6.07) is 12.8. The Morgan fingerprint density at radius 3 is 2.17 bits per heavy atom. The fourth-order valence-electron chi connectivity index (χ4n) is 3.16. The van der Waals surface area contributed by atoms with Crippen molar-refractivity contribution < 1.29 is 18.8 Å². The highest BCUT2D eigenvalue weighted by atomic mass is 16.3. The Labute approximate surface area is 209 Å². The molecule has 0 saturated heterocycles. The third-order valence-corrected chi connectivity index (χ3v) is 5.44. The lowest BCUT2D eigenvalue weighted by atomic mass is 9.95. The van der Waals surface area contributed by atoms with Gasteiger partial charge in [0.25, 0.3) is 11.5 Å². The highest BCUT2D eigenvalue weighted by Crippen LogP contribution is 2.19. The van der Waals surface area contributed by atoms with Crippen LogP contribution in [0.1, 0.15) is 45.0 Å². The van der Waals surface area contributed by atoms with Gasteiger partial charge >= 0.3 is 0 Å². The predicted octanol–water partition coefficient (Wildman–Crippen LogP) is 2.77. The van der Waals surface area contributed by atoms with Crippen molar-refractivity contribution in [2.75, 3.05) is 18.4 Å². The average molecular weight is 494 g/mol. The maximum atomic E-state index is 12.8. The number of furan rings is 1. The quantitative estimate of drug-likeness (QED) is 0.413. The van der Waals surface area contributed by atoms with Gasteiger partial charge in [-0.1, -0.05) is 20.8 Å². The van der Waals surface area contributed by atoms with Gasteiger partial charge in [0.15, 0.2) is 5.76 Å². The van der Waals surface area contributed by atoms with E-state index < -0.39 is 22.4 Å². The molecule has 0 aliphatic carbocycles. The summed E-state index contributed by atoms with van der Waals surface area (Å²) in [4.78, 5) is 49.8. The van der Waals surface area contributed by atoms with Crippen LogP contribution in [0.15, 0.2) is 64.0 Å². The molecule has 2 heterocycles. The molecule has 3 rings (SSSR count). The van der Waals surface area contributed by atoms with Crippen LogP contribution in [0, 0.1) is 5.41 Å². The zero-order valence-electron chi connectivity index (χ0n) is 21.0. The maximum absolute atomic E-state index is 12.8. The largest absolute Gasteiger partial charge is 0.463 e. The number of nitrogens with one attached hydrogen (secondary N) is 3.